The molecule has 1 aliphatic heterocycles. The van der Waals surface area contributed by atoms with Gasteiger partial charge in [0, 0.05) is 27.2 Å². The fourth-order valence-corrected chi connectivity index (χ4v) is 2.96. The lowest BCUT2D eigenvalue weighted by Gasteiger charge is -2.32. The van der Waals surface area contributed by atoms with E-state index in [1.807, 2.05) is 0 Å². The molecule has 0 aliphatic carbocycles. The van der Waals surface area contributed by atoms with Gasteiger partial charge in [0.1, 0.15) is 0 Å². The summed E-state index contributed by atoms with van der Waals surface area (Å²) in [4.78, 5) is 4.57. The standard InChI is InChI=1S/C8H19N3O3S/c1-10(2)15(12,13)11-5-3-4-8(6-11)7-14-9/h8H,3-7,9H2,1-2H3. The van der Waals surface area contributed by atoms with E-state index >= 15 is 0 Å². The summed E-state index contributed by atoms with van der Waals surface area (Å²) in [5, 5.41) is 0. The Bertz CT molecular complexity index is 290. The van der Waals surface area contributed by atoms with Crippen molar-refractivity contribution >= 4 is 10.2 Å². The van der Waals surface area contributed by atoms with E-state index in [2.05, 4.69) is 4.84 Å². The first kappa shape index (κ1) is 12.9. The van der Waals surface area contributed by atoms with Gasteiger partial charge in [0.05, 0.1) is 6.61 Å². The third kappa shape index (κ3) is 3.12. The molecule has 0 bridgehead atoms. The van der Waals surface area contributed by atoms with Gasteiger partial charge in [-0.05, 0) is 18.8 Å². The van der Waals surface area contributed by atoms with Crippen LogP contribution in [0.3, 0.4) is 0 Å². The lowest BCUT2D eigenvalue weighted by Crippen LogP contribution is -2.46. The van der Waals surface area contributed by atoms with Crippen LogP contribution in [-0.2, 0) is 15.0 Å². The lowest BCUT2D eigenvalue weighted by molar-refractivity contribution is 0.0778. The summed E-state index contributed by atoms with van der Waals surface area (Å²) in [6.07, 6.45) is 1.83. The molecule has 0 saturated carbocycles. The predicted octanol–water partition coefficient (Wildman–Crippen LogP) is -0.605. The van der Waals surface area contributed by atoms with Gasteiger partial charge in [-0.15, -0.1) is 0 Å². The van der Waals surface area contributed by atoms with Gasteiger partial charge in [-0.1, -0.05) is 0 Å². The molecule has 0 aromatic heterocycles. The van der Waals surface area contributed by atoms with E-state index in [1.165, 1.54) is 8.61 Å². The number of piperidine rings is 1. The minimum Gasteiger partial charge on any atom is -0.304 e. The summed E-state index contributed by atoms with van der Waals surface area (Å²) < 4.78 is 26.4. The normalized spacial score (nSPS) is 24.7. The number of nitrogens with zero attached hydrogens (tertiary/aromatic N) is 2. The largest absolute Gasteiger partial charge is 0.304 e. The van der Waals surface area contributed by atoms with Crippen LogP contribution in [0.4, 0.5) is 0 Å². The summed E-state index contributed by atoms with van der Waals surface area (Å²) >= 11 is 0. The number of rotatable bonds is 4. The zero-order chi connectivity index (χ0) is 11.5. The minimum absolute atomic E-state index is 0.207. The number of hydrogen-bond donors (Lipinski definition) is 1. The SMILES string of the molecule is CN(C)S(=O)(=O)N1CCCC(CON)C1. The second-order valence-electron chi connectivity index (χ2n) is 3.99. The summed E-state index contributed by atoms with van der Waals surface area (Å²) in [5.74, 6) is 5.20. The first-order valence-electron chi connectivity index (χ1n) is 4.97. The van der Waals surface area contributed by atoms with Gasteiger partial charge >= 0.3 is 0 Å². The summed E-state index contributed by atoms with van der Waals surface area (Å²) in [7, 11) is -0.201. The smallest absolute Gasteiger partial charge is 0.281 e. The van der Waals surface area contributed by atoms with E-state index in [-0.39, 0.29) is 5.92 Å². The third-order valence-corrected chi connectivity index (χ3v) is 4.51. The molecule has 1 aliphatic rings. The van der Waals surface area contributed by atoms with Crippen LogP contribution in [0.15, 0.2) is 0 Å². The van der Waals surface area contributed by atoms with Crippen LogP contribution < -0.4 is 5.90 Å². The Morgan fingerprint density at radius 3 is 2.73 bits per heavy atom. The van der Waals surface area contributed by atoms with E-state index in [0.717, 1.165) is 12.8 Å². The van der Waals surface area contributed by atoms with Crippen LogP contribution in [0.25, 0.3) is 0 Å². The Labute approximate surface area is 91.1 Å². The van der Waals surface area contributed by atoms with Gasteiger partial charge in [0.15, 0.2) is 0 Å². The third-order valence-electron chi connectivity index (χ3n) is 2.60. The van der Waals surface area contributed by atoms with E-state index in [1.54, 1.807) is 14.1 Å². The molecule has 7 heteroatoms. The average molecular weight is 237 g/mol. The predicted molar refractivity (Wildman–Crippen MR) is 57.0 cm³/mol. The number of hydrogen-bond acceptors (Lipinski definition) is 4. The van der Waals surface area contributed by atoms with Crippen LogP contribution >= 0.6 is 0 Å². The zero-order valence-corrected chi connectivity index (χ0v) is 10.0. The lowest BCUT2D eigenvalue weighted by atomic mass is 10.0. The highest BCUT2D eigenvalue weighted by molar-refractivity contribution is 7.86. The van der Waals surface area contributed by atoms with Crippen molar-refractivity contribution in [2.45, 2.75) is 12.8 Å². The maximum Gasteiger partial charge on any atom is 0.281 e. The molecule has 0 amide bonds. The first-order chi connectivity index (χ1) is 6.98. The molecule has 6 nitrogen and oxygen atoms in total. The van der Waals surface area contributed by atoms with Gasteiger partial charge in [-0.2, -0.15) is 17.0 Å². The molecule has 0 aromatic carbocycles. The van der Waals surface area contributed by atoms with Gasteiger partial charge in [-0.3, -0.25) is 0 Å². The molecule has 0 radical (unpaired) electrons. The molecule has 2 N–H and O–H groups in total. The molecular weight excluding hydrogens is 218 g/mol. The minimum atomic E-state index is -3.28. The molecule has 1 saturated heterocycles. The quantitative estimate of drug-likeness (QED) is 0.662. The van der Waals surface area contributed by atoms with Crippen LogP contribution in [0, 0.1) is 5.92 Å². The van der Waals surface area contributed by atoms with Crippen molar-refractivity contribution in [2.24, 2.45) is 11.8 Å². The van der Waals surface area contributed by atoms with E-state index < -0.39 is 10.2 Å². The van der Waals surface area contributed by atoms with Gasteiger partial charge in [-0.25, -0.2) is 5.90 Å². The Hall–Kier alpha value is -0.210. The number of nitrogens with two attached hydrogens (primary N) is 1. The van der Waals surface area contributed by atoms with E-state index in [4.69, 9.17) is 5.90 Å². The molecule has 1 fully saturated rings. The Morgan fingerprint density at radius 2 is 2.20 bits per heavy atom. The highest BCUT2D eigenvalue weighted by Gasteiger charge is 2.30. The monoisotopic (exact) mass is 237 g/mol. The van der Waals surface area contributed by atoms with Crippen molar-refractivity contribution in [3.63, 3.8) is 0 Å². The van der Waals surface area contributed by atoms with Gasteiger partial charge < -0.3 is 4.84 Å². The molecule has 90 valence electrons. The molecule has 0 spiro atoms. The van der Waals surface area contributed by atoms with Gasteiger partial charge in [0.2, 0.25) is 0 Å². The highest BCUT2D eigenvalue weighted by atomic mass is 32.2. The molecule has 15 heavy (non-hydrogen) atoms. The van der Waals surface area contributed by atoms with Crippen molar-refractivity contribution in [1.29, 1.82) is 0 Å². The highest BCUT2D eigenvalue weighted by Crippen LogP contribution is 2.19. The van der Waals surface area contributed by atoms with Crippen molar-refractivity contribution in [3.05, 3.63) is 0 Å². The second kappa shape index (κ2) is 5.22. The molecule has 1 rings (SSSR count). The average Bonchev–Trinajstić information content (AvgIpc) is 2.18. The van der Waals surface area contributed by atoms with Crippen molar-refractivity contribution < 1.29 is 13.3 Å². The maximum absolute atomic E-state index is 11.8. The molecule has 1 atom stereocenters. The van der Waals surface area contributed by atoms with Crippen molar-refractivity contribution in [1.82, 2.24) is 8.61 Å². The van der Waals surface area contributed by atoms with Crippen LogP contribution in [0.2, 0.25) is 0 Å². The molecular formula is C8H19N3O3S. The van der Waals surface area contributed by atoms with E-state index in [0.29, 0.717) is 19.7 Å². The Morgan fingerprint density at radius 1 is 1.53 bits per heavy atom. The summed E-state index contributed by atoms with van der Waals surface area (Å²) in [6.45, 7) is 1.50. The van der Waals surface area contributed by atoms with Crippen LogP contribution in [-0.4, -0.2) is 50.8 Å². The molecule has 1 unspecified atom stereocenters. The fraction of sp³-hybridized carbons (Fsp3) is 1.00. The Kier molecular flexibility index (Phi) is 4.47. The van der Waals surface area contributed by atoms with Crippen LogP contribution in [0.5, 0.6) is 0 Å². The van der Waals surface area contributed by atoms with Crippen molar-refractivity contribution in [2.75, 3.05) is 33.8 Å². The van der Waals surface area contributed by atoms with Gasteiger partial charge in [0.25, 0.3) is 10.2 Å². The van der Waals surface area contributed by atoms with Crippen LogP contribution in [0.1, 0.15) is 12.8 Å². The molecule has 0 aromatic rings. The first-order valence-corrected chi connectivity index (χ1v) is 6.37. The summed E-state index contributed by atoms with van der Waals surface area (Å²) in [6, 6.07) is 0. The zero-order valence-electron chi connectivity index (χ0n) is 9.22. The maximum atomic E-state index is 11.8. The van der Waals surface area contributed by atoms with Crippen molar-refractivity contribution in [3.8, 4) is 0 Å². The Balaban J connectivity index is 2.64. The summed E-state index contributed by atoms with van der Waals surface area (Å²) in [5.41, 5.74) is 0. The molecule has 1 heterocycles. The topological polar surface area (TPSA) is 75.9 Å². The fourth-order valence-electron chi connectivity index (χ4n) is 1.74. The second-order valence-corrected chi connectivity index (χ2v) is 6.13. The van der Waals surface area contributed by atoms with E-state index in [9.17, 15) is 8.42 Å².